The average Bonchev–Trinajstić information content (AvgIpc) is 3.94. The number of aromatic nitrogens is 3. The topological polar surface area (TPSA) is 159 Å². The van der Waals surface area contributed by atoms with Crippen molar-refractivity contribution in [3.8, 4) is 34.5 Å². The smallest absolute Gasteiger partial charge is 0.406 e. The number of carbonyl (C=O) groups is 1. The molecule has 6 aromatic rings. The highest BCUT2D eigenvalue weighted by molar-refractivity contribution is 7.97. The number of nitrogens with one attached hydrogen (secondary N) is 3. The summed E-state index contributed by atoms with van der Waals surface area (Å²) in [5, 5.41) is 14.3. The molecule has 1 aliphatic rings. The van der Waals surface area contributed by atoms with Gasteiger partial charge in [0.25, 0.3) is 11.5 Å². The molecule has 0 unspecified atom stereocenters. The normalized spacial score (nSPS) is 13.0. The van der Waals surface area contributed by atoms with Crippen LogP contribution in [-0.4, -0.2) is 142 Å². The van der Waals surface area contributed by atoms with Gasteiger partial charge in [-0.3, -0.25) is 9.59 Å². The number of likely N-dealkylation sites (tertiary alicyclic amines) is 1. The van der Waals surface area contributed by atoms with Gasteiger partial charge in [0.1, 0.15) is 23.8 Å². The minimum Gasteiger partial charge on any atom is -0.495 e. The van der Waals surface area contributed by atoms with E-state index < -0.39 is 12.7 Å². The summed E-state index contributed by atoms with van der Waals surface area (Å²) in [4.78, 5) is 28.3. The van der Waals surface area contributed by atoms with Crippen molar-refractivity contribution >= 4 is 40.1 Å². The highest BCUT2D eigenvalue weighted by atomic mass is 32.2. The number of piperidine rings is 1. The van der Waals surface area contributed by atoms with Crippen molar-refractivity contribution in [3.05, 3.63) is 118 Å². The molecule has 76 heavy (non-hydrogen) atoms. The van der Waals surface area contributed by atoms with Crippen molar-refractivity contribution in [2.45, 2.75) is 70.7 Å². The number of rotatable bonds is 26. The van der Waals surface area contributed by atoms with Gasteiger partial charge >= 0.3 is 6.18 Å². The monoisotopic (exact) mass is 1070 g/mol. The molecular formula is C56H71F3N8O8S. The number of ether oxygens (including phenoxy) is 5. The van der Waals surface area contributed by atoms with E-state index in [0.717, 1.165) is 64.3 Å². The van der Waals surface area contributed by atoms with Gasteiger partial charge in [-0.15, -0.1) is 0 Å². The molecule has 0 bridgehead atoms. The first-order chi connectivity index (χ1) is 36.7. The Hall–Kier alpha value is -6.47. The Labute approximate surface area is 447 Å². The lowest BCUT2D eigenvalue weighted by atomic mass is 10.0. The molecule has 410 valence electrons. The Balaban J connectivity index is 0.00000463. The minimum atomic E-state index is -4.41. The maximum absolute atomic E-state index is 13.8. The summed E-state index contributed by atoms with van der Waals surface area (Å²) in [6.07, 6.45) is -0.699. The number of alkyl halides is 3. The maximum Gasteiger partial charge on any atom is 0.406 e. The van der Waals surface area contributed by atoms with E-state index >= 15 is 0 Å². The van der Waals surface area contributed by atoms with E-state index in [2.05, 4.69) is 49.2 Å². The molecule has 1 saturated heterocycles. The molecule has 0 spiro atoms. The van der Waals surface area contributed by atoms with Crippen molar-refractivity contribution < 1.29 is 46.2 Å². The number of hydrogen-bond acceptors (Lipinski definition) is 14. The van der Waals surface area contributed by atoms with Gasteiger partial charge in [0.05, 0.1) is 82.4 Å². The Kier molecular flexibility index (Phi) is 23.0. The van der Waals surface area contributed by atoms with Crippen molar-refractivity contribution in [3.63, 3.8) is 0 Å². The van der Waals surface area contributed by atoms with Gasteiger partial charge in [-0.1, -0.05) is 43.1 Å². The molecule has 0 radical (unpaired) electrons. The summed E-state index contributed by atoms with van der Waals surface area (Å²) in [6.45, 7) is 12.2. The second-order valence-corrected chi connectivity index (χ2v) is 19.1. The summed E-state index contributed by atoms with van der Waals surface area (Å²) < 4.78 is 79.9. The lowest BCUT2D eigenvalue weighted by Crippen LogP contribution is -2.36. The third kappa shape index (κ3) is 18.1. The molecule has 1 fully saturated rings. The van der Waals surface area contributed by atoms with Crippen LogP contribution < -0.4 is 31.0 Å². The Morgan fingerprint density at radius 2 is 1.66 bits per heavy atom. The van der Waals surface area contributed by atoms with E-state index in [-0.39, 0.29) is 30.7 Å². The van der Waals surface area contributed by atoms with E-state index in [1.165, 1.54) is 22.6 Å². The minimum absolute atomic E-state index is 0.148. The molecule has 1 amide bonds. The quantitative estimate of drug-likeness (QED) is 0.0269. The molecule has 3 aromatic carbocycles. The fourth-order valence-electron chi connectivity index (χ4n) is 8.44. The van der Waals surface area contributed by atoms with Gasteiger partial charge in [0.15, 0.2) is 6.61 Å². The van der Waals surface area contributed by atoms with Crippen LogP contribution in [0.1, 0.15) is 49.4 Å². The number of aryl methyl sites for hydroxylation is 2. The van der Waals surface area contributed by atoms with E-state index in [4.69, 9.17) is 28.2 Å². The van der Waals surface area contributed by atoms with Gasteiger partial charge in [-0.25, -0.2) is 4.31 Å². The Morgan fingerprint density at radius 1 is 0.921 bits per heavy atom. The highest BCUT2D eigenvalue weighted by Crippen LogP contribution is 2.33. The zero-order valence-electron chi connectivity index (χ0n) is 44.5. The first-order valence-corrected chi connectivity index (χ1v) is 26.3. The third-order valence-corrected chi connectivity index (χ3v) is 13.1. The molecule has 3 N–H and O–H groups in total. The van der Waals surface area contributed by atoms with Gasteiger partial charge in [-0.05, 0) is 132 Å². The molecule has 7 rings (SSSR count). The van der Waals surface area contributed by atoms with Crippen LogP contribution in [0.3, 0.4) is 0 Å². The summed E-state index contributed by atoms with van der Waals surface area (Å²) in [5.41, 5.74) is 5.46. The number of nitrogens with zero attached hydrogens (tertiary/aromatic N) is 5. The number of benzene rings is 3. The number of fused-ring (bicyclic) bond motifs is 1. The predicted molar refractivity (Wildman–Crippen MR) is 293 cm³/mol. The van der Waals surface area contributed by atoms with E-state index in [9.17, 15) is 22.8 Å². The first kappa shape index (κ1) is 58.8. The van der Waals surface area contributed by atoms with Crippen molar-refractivity contribution in [1.29, 1.82) is 0 Å². The molecule has 0 atom stereocenters. The SMILES string of the molecule is CC.COc1cc(SN(C)CCOCCOCCOCCNC(=O)COc2cccc(Cn3cc(-c4c(C)noc4C)ccc3=O)c2)ccc1NCC#Cc1cc2c(NC3CCN(C)CC3)cccc2n1CC(F)(F)F. The number of halogens is 3. The largest absolute Gasteiger partial charge is 0.495 e. The number of hydrogen-bond donors (Lipinski definition) is 3. The van der Waals surface area contributed by atoms with E-state index in [0.29, 0.717) is 93.4 Å². The fraction of sp³-hybridized carbons (Fsp3) is 0.446. The van der Waals surface area contributed by atoms with Crippen LogP contribution in [-0.2, 0) is 32.1 Å². The molecule has 4 heterocycles. The summed E-state index contributed by atoms with van der Waals surface area (Å²) in [7, 11) is 5.64. The number of pyridine rings is 1. The predicted octanol–water partition coefficient (Wildman–Crippen LogP) is 8.87. The number of methoxy groups -OCH3 is 1. The number of anilines is 2. The van der Waals surface area contributed by atoms with Crippen LogP contribution in [0, 0.1) is 25.7 Å². The lowest BCUT2D eigenvalue weighted by Gasteiger charge is -2.30. The molecule has 1 aliphatic heterocycles. The van der Waals surface area contributed by atoms with Crippen LogP contribution in [0.25, 0.3) is 22.0 Å². The fourth-order valence-corrected chi connectivity index (χ4v) is 9.25. The second-order valence-electron chi connectivity index (χ2n) is 17.9. The van der Waals surface area contributed by atoms with Crippen LogP contribution in [0.5, 0.6) is 11.5 Å². The van der Waals surface area contributed by atoms with Gasteiger partial charge in [0, 0.05) is 58.5 Å². The van der Waals surface area contributed by atoms with Gasteiger partial charge in [0.2, 0.25) is 0 Å². The first-order valence-electron chi connectivity index (χ1n) is 25.5. The number of amides is 1. The molecule has 0 saturated carbocycles. The highest BCUT2D eigenvalue weighted by Gasteiger charge is 2.30. The lowest BCUT2D eigenvalue weighted by molar-refractivity contribution is -0.140. The van der Waals surface area contributed by atoms with Crippen molar-refractivity contribution in [1.82, 2.24) is 28.8 Å². The van der Waals surface area contributed by atoms with Crippen LogP contribution in [0.2, 0.25) is 0 Å². The molecule has 0 aliphatic carbocycles. The number of carbonyl (C=O) groups excluding carboxylic acids is 1. The molecular weight excluding hydrogens is 1000 g/mol. The Bertz CT molecular complexity index is 2890. The maximum atomic E-state index is 13.8. The van der Waals surface area contributed by atoms with Crippen LogP contribution in [0.15, 0.2) is 99.3 Å². The Morgan fingerprint density at radius 3 is 2.38 bits per heavy atom. The van der Waals surface area contributed by atoms with Crippen molar-refractivity contribution in [2.75, 3.05) is 111 Å². The zero-order valence-corrected chi connectivity index (χ0v) is 45.3. The zero-order chi connectivity index (χ0) is 54.5. The summed E-state index contributed by atoms with van der Waals surface area (Å²) >= 11 is 1.54. The van der Waals surface area contributed by atoms with E-state index in [1.54, 1.807) is 54.3 Å². The second kappa shape index (κ2) is 29.7. The van der Waals surface area contributed by atoms with E-state index in [1.807, 2.05) is 71.1 Å². The van der Waals surface area contributed by atoms with Gasteiger partial charge in [-0.2, -0.15) is 13.2 Å². The molecule has 3 aromatic heterocycles. The van der Waals surface area contributed by atoms with Crippen molar-refractivity contribution in [2.24, 2.45) is 0 Å². The van der Waals surface area contributed by atoms with Gasteiger partial charge < -0.3 is 58.2 Å². The molecule has 20 heteroatoms. The van der Waals surface area contributed by atoms with Crippen LogP contribution in [0.4, 0.5) is 24.5 Å². The standard InChI is InChI=1S/C54H65F3N8O8S.C2H6/c1-38-53(39(2)73-61-38)41-14-17-52(67)64(35-41)34-40-9-6-11-44(31-40)72-36-51(66)59-21-25-69-27-29-71-30-28-70-26-24-63(4)74-45-15-16-48(50(33-45)68-5)58-20-8-10-43-32-46-47(60-42-18-22-62(3)23-19-42)12-7-13-49(46)65(43)37-54(55,56)57;1-2/h6-7,9,11-17,31-33,35,42,58,60H,18-30,34,36-37H2,1-5H3,(H,59,66);1-2H3. The summed E-state index contributed by atoms with van der Waals surface area (Å²) in [6, 6.07) is 23.7. The third-order valence-electron chi connectivity index (χ3n) is 12.2. The average molecular weight is 1070 g/mol. The molecule has 16 nitrogen and oxygen atoms in total. The summed E-state index contributed by atoms with van der Waals surface area (Å²) in [5.74, 6) is 7.53. The number of likely N-dealkylation sites (N-methyl/N-ethyl adjacent to an activating group) is 1. The van der Waals surface area contributed by atoms with Crippen LogP contribution >= 0.6 is 11.9 Å².